The van der Waals surface area contributed by atoms with Gasteiger partial charge in [-0.1, -0.05) is 20.3 Å². The molecule has 28 heavy (non-hydrogen) atoms. The molecule has 3 N–H and O–H groups in total. The van der Waals surface area contributed by atoms with Crippen molar-refractivity contribution < 1.29 is 0 Å². The number of nitrogen functional groups attached to an aromatic ring is 1. The smallest absolute Gasteiger partial charge is 0.263 e. The summed E-state index contributed by atoms with van der Waals surface area (Å²) >= 11 is 0. The summed E-state index contributed by atoms with van der Waals surface area (Å²) in [7, 11) is 1.96. The molecule has 4 rings (SSSR count). The molecule has 1 aliphatic rings. The molecule has 0 atom stereocenters. The quantitative estimate of drug-likeness (QED) is 0.722. The van der Waals surface area contributed by atoms with Crippen LogP contribution in [0.3, 0.4) is 0 Å². The normalized spacial score (nSPS) is 14.2. The number of nitrogens with one attached hydrogen (secondary N) is 1. The van der Waals surface area contributed by atoms with Crippen LogP contribution in [-0.4, -0.2) is 37.6 Å². The summed E-state index contributed by atoms with van der Waals surface area (Å²) in [5.41, 5.74) is 8.10. The molecule has 152 valence electrons. The van der Waals surface area contributed by atoms with Crippen LogP contribution < -0.4 is 16.2 Å². The highest BCUT2D eigenvalue weighted by molar-refractivity contribution is 5.97. The number of nitrogens with two attached hydrogens (primary N) is 1. The van der Waals surface area contributed by atoms with Gasteiger partial charge >= 0.3 is 0 Å². The first-order valence-corrected chi connectivity index (χ1v) is 10.2. The van der Waals surface area contributed by atoms with Crippen molar-refractivity contribution in [2.75, 3.05) is 23.7 Å². The number of fused-ring (bicyclic) bond motifs is 1. The molecule has 1 saturated heterocycles. The van der Waals surface area contributed by atoms with Gasteiger partial charge in [-0.25, -0.2) is 0 Å². The fraction of sp³-hybridized carbons (Fsp3) is 0.550. The summed E-state index contributed by atoms with van der Waals surface area (Å²) in [6.45, 7) is 8.86. The summed E-state index contributed by atoms with van der Waals surface area (Å²) in [5, 5.41) is 12.1. The van der Waals surface area contributed by atoms with Gasteiger partial charge < -0.3 is 15.2 Å². The van der Waals surface area contributed by atoms with Gasteiger partial charge in [0.1, 0.15) is 11.2 Å². The van der Waals surface area contributed by atoms with Gasteiger partial charge in [-0.2, -0.15) is 10.2 Å². The van der Waals surface area contributed by atoms with Crippen molar-refractivity contribution in [2.24, 2.45) is 7.05 Å². The fourth-order valence-electron chi connectivity index (χ4n) is 3.63. The molecule has 0 spiro atoms. The van der Waals surface area contributed by atoms with Crippen molar-refractivity contribution in [3.05, 3.63) is 22.6 Å². The van der Waals surface area contributed by atoms with Crippen LogP contribution >= 0.6 is 0 Å². The predicted molar refractivity (Wildman–Crippen MR) is 115 cm³/mol. The molecule has 0 aromatic carbocycles. The first kappa shape index (κ1) is 20.0. The van der Waals surface area contributed by atoms with Crippen molar-refractivity contribution in [1.29, 1.82) is 0 Å². The first-order valence-electron chi connectivity index (χ1n) is 10.2. The second kappa shape index (κ2) is 8.50. The van der Waals surface area contributed by atoms with Gasteiger partial charge in [0.2, 0.25) is 0 Å². The molecule has 0 saturated carbocycles. The molecule has 3 aromatic heterocycles. The number of anilines is 2. The second-order valence-corrected chi connectivity index (χ2v) is 7.26. The Morgan fingerprint density at radius 2 is 1.86 bits per heavy atom. The molecule has 8 heteroatoms. The van der Waals surface area contributed by atoms with Crippen molar-refractivity contribution >= 4 is 22.5 Å². The molecule has 1 fully saturated rings. The van der Waals surface area contributed by atoms with E-state index in [1.54, 1.807) is 4.57 Å². The van der Waals surface area contributed by atoms with Crippen LogP contribution in [0.1, 0.15) is 46.5 Å². The lowest BCUT2D eigenvalue weighted by Gasteiger charge is -2.28. The average molecular weight is 386 g/mol. The summed E-state index contributed by atoms with van der Waals surface area (Å²) in [6, 6.07) is 2.08. The molecule has 0 unspecified atom stereocenters. The Bertz CT molecular complexity index is 992. The van der Waals surface area contributed by atoms with Gasteiger partial charge in [-0.05, 0) is 26.2 Å². The first-order chi connectivity index (χ1) is 13.5. The van der Waals surface area contributed by atoms with Crippen LogP contribution in [0.25, 0.3) is 22.2 Å². The average Bonchev–Trinajstić information content (AvgIpc) is 3.27. The van der Waals surface area contributed by atoms with E-state index in [1.165, 1.54) is 25.7 Å². The van der Waals surface area contributed by atoms with Crippen LogP contribution in [0.2, 0.25) is 0 Å². The number of rotatable bonds is 3. The highest BCUT2D eigenvalue weighted by Crippen LogP contribution is 2.30. The molecule has 4 heterocycles. The maximum Gasteiger partial charge on any atom is 0.263 e. The van der Waals surface area contributed by atoms with E-state index in [4.69, 9.17) is 10.8 Å². The third-order valence-electron chi connectivity index (χ3n) is 4.98. The molecule has 8 nitrogen and oxygen atoms in total. The summed E-state index contributed by atoms with van der Waals surface area (Å²) in [6.07, 6.45) is 6.80. The molecule has 1 aliphatic heterocycles. The minimum Gasteiger partial charge on any atom is -0.382 e. The molecule has 0 radical (unpaired) electrons. The number of H-pyrrole nitrogens is 1. The van der Waals surface area contributed by atoms with E-state index in [1.807, 2.05) is 24.9 Å². The number of nitrogens with zero attached hydrogens (tertiary/aromatic N) is 5. The van der Waals surface area contributed by atoms with E-state index >= 15 is 0 Å². The standard InChI is InChI=1S/C17H23N7O.C3H8/c1-3-23-10-11(15-14(17(23)25)16(18)20-19-15)12-9-13(22(2)21-12)24-7-5-4-6-8-24;1-3-2/h9-10H,3-8H2,1-2H3,(H3,18,19,20);3H2,1-2H3. The zero-order valence-corrected chi connectivity index (χ0v) is 17.3. The number of aryl methyl sites for hydroxylation is 2. The van der Waals surface area contributed by atoms with Crippen molar-refractivity contribution in [1.82, 2.24) is 24.5 Å². The Hall–Kier alpha value is -2.77. The van der Waals surface area contributed by atoms with Gasteiger partial charge in [-0.3, -0.25) is 14.6 Å². The molecule has 3 aromatic rings. The lowest BCUT2D eigenvalue weighted by atomic mass is 10.1. The maximum atomic E-state index is 12.5. The summed E-state index contributed by atoms with van der Waals surface area (Å²) in [4.78, 5) is 14.9. The molecule has 0 amide bonds. The van der Waals surface area contributed by atoms with E-state index in [0.29, 0.717) is 17.4 Å². The van der Waals surface area contributed by atoms with Gasteiger partial charge in [-0.15, -0.1) is 0 Å². The minimum absolute atomic E-state index is 0.125. The van der Waals surface area contributed by atoms with E-state index in [-0.39, 0.29) is 11.4 Å². The highest BCUT2D eigenvalue weighted by Gasteiger charge is 2.20. The van der Waals surface area contributed by atoms with Crippen molar-refractivity contribution in [2.45, 2.75) is 53.0 Å². The summed E-state index contributed by atoms with van der Waals surface area (Å²) < 4.78 is 3.56. The number of pyridine rings is 1. The van der Waals surface area contributed by atoms with E-state index in [9.17, 15) is 4.79 Å². The zero-order valence-electron chi connectivity index (χ0n) is 17.3. The maximum absolute atomic E-state index is 12.5. The Morgan fingerprint density at radius 1 is 1.18 bits per heavy atom. The van der Waals surface area contributed by atoms with Gasteiger partial charge in [0.15, 0.2) is 5.82 Å². The highest BCUT2D eigenvalue weighted by atomic mass is 16.1. The number of hydrogen-bond acceptors (Lipinski definition) is 5. The van der Waals surface area contributed by atoms with Gasteiger partial charge in [0.25, 0.3) is 5.56 Å². The monoisotopic (exact) mass is 385 g/mol. The number of aromatic nitrogens is 5. The Kier molecular flexibility index (Phi) is 6.06. The van der Waals surface area contributed by atoms with Crippen molar-refractivity contribution in [3.8, 4) is 11.3 Å². The van der Waals surface area contributed by atoms with Gasteiger partial charge in [0.05, 0.1) is 11.2 Å². The lowest BCUT2D eigenvalue weighted by molar-refractivity contribution is 0.561. The van der Waals surface area contributed by atoms with Crippen LogP contribution in [0, 0.1) is 0 Å². The molecular weight excluding hydrogens is 354 g/mol. The van der Waals surface area contributed by atoms with Crippen LogP contribution in [-0.2, 0) is 13.6 Å². The van der Waals surface area contributed by atoms with E-state index < -0.39 is 0 Å². The Labute approximate surface area is 165 Å². The van der Waals surface area contributed by atoms with E-state index in [2.05, 4.69) is 35.0 Å². The summed E-state index contributed by atoms with van der Waals surface area (Å²) in [5.74, 6) is 1.33. The number of hydrogen-bond donors (Lipinski definition) is 2. The minimum atomic E-state index is -0.125. The number of aromatic amines is 1. The topological polar surface area (TPSA) is 97.8 Å². The molecule has 0 aliphatic carbocycles. The van der Waals surface area contributed by atoms with Crippen LogP contribution in [0.15, 0.2) is 17.1 Å². The third kappa shape index (κ3) is 3.63. The largest absolute Gasteiger partial charge is 0.382 e. The van der Waals surface area contributed by atoms with E-state index in [0.717, 1.165) is 30.2 Å². The third-order valence-corrected chi connectivity index (χ3v) is 4.98. The second-order valence-electron chi connectivity index (χ2n) is 7.26. The Morgan fingerprint density at radius 3 is 2.50 bits per heavy atom. The Balaban J connectivity index is 0.000000706. The van der Waals surface area contributed by atoms with Crippen LogP contribution in [0.5, 0.6) is 0 Å². The SMILES string of the molecule is CCC.CCn1cc(-c2cc(N3CCCCC3)n(C)n2)c2[nH]nc(N)c2c1=O. The van der Waals surface area contributed by atoms with Crippen molar-refractivity contribution in [3.63, 3.8) is 0 Å². The molecular formula is C20H31N7O. The number of piperidine rings is 1. The predicted octanol–water partition coefficient (Wildman–Crippen LogP) is 3.13. The van der Waals surface area contributed by atoms with Crippen LogP contribution in [0.4, 0.5) is 11.6 Å². The fourth-order valence-corrected chi connectivity index (χ4v) is 3.63. The lowest BCUT2D eigenvalue weighted by Crippen LogP contribution is -2.30. The zero-order chi connectivity index (χ0) is 20.3. The van der Waals surface area contributed by atoms with Gasteiger partial charge in [0, 0.05) is 44.5 Å². The molecule has 0 bridgehead atoms.